The third-order valence-electron chi connectivity index (χ3n) is 4.81. The number of Topliss-reactive ketones (excluding diaryl/α,β-unsaturated/α-hetero) is 1. The van der Waals surface area contributed by atoms with Gasteiger partial charge in [0.05, 0.1) is 5.56 Å². The Kier molecular flexibility index (Phi) is 5.75. The summed E-state index contributed by atoms with van der Waals surface area (Å²) in [5.74, 6) is 0.313. The van der Waals surface area contributed by atoms with Crippen molar-refractivity contribution < 1.29 is 13.9 Å². The molecule has 0 saturated heterocycles. The smallest absolute Gasteiger partial charge is 0.344 e. The number of hydrogen-bond donors (Lipinski definition) is 0. The van der Waals surface area contributed by atoms with E-state index in [1.54, 1.807) is 60.7 Å². The van der Waals surface area contributed by atoms with E-state index in [1.165, 1.54) is 0 Å². The summed E-state index contributed by atoms with van der Waals surface area (Å²) in [5.41, 5.74) is 2.58. The van der Waals surface area contributed by atoms with Gasteiger partial charge in [0.15, 0.2) is 12.4 Å². The van der Waals surface area contributed by atoms with E-state index in [0.717, 1.165) is 21.0 Å². The second-order valence-corrected chi connectivity index (χ2v) is 8.13. The summed E-state index contributed by atoms with van der Waals surface area (Å²) in [5, 5.41) is 1.40. The van der Waals surface area contributed by atoms with Crippen molar-refractivity contribution in [2.75, 3.05) is 6.61 Å². The number of carbonyl (C=O) groups excluding carboxylic acids is 1. The second-order valence-electron chi connectivity index (χ2n) is 6.77. The molecule has 0 N–H and O–H groups in total. The minimum atomic E-state index is -0.439. The Morgan fingerprint density at radius 2 is 1.73 bits per heavy atom. The molecule has 1 heterocycles. The number of rotatable bonds is 5. The van der Waals surface area contributed by atoms with Crippen molar-refractivity contribution in [1.82, 2.24) is 0 Å². The average molecular weight is 484 g/mol. The molecule has 0 aliphatic rings. The highest BCUT2D eigenvalue weighted by atomic mass is 79.9. The molecule has 0 amide bonds. The van der Waals surface area contributed by atoms with Crippen molar-refractivity contribution in [1.29, 1.82) is 0 Å². The van der Waals surface area contributed by atoms with Crippen molar-refractivity contribution in [3.8, 4) is 16.9 Å². The van der Waals surface area contributed by atoms with Gasteiger partial charge in [-0.2, -0.15) is 0 Å². The molecule has 0 atom stereocenters. The van der Waals surface area contributed by atoms with Crippen LogP contribution >= 0.6 is 27.5 Å². The Bertz CT molecular complexity index is 1290. The molecular formula is C24H16BrClO4. The van der Waals surface area contributed by atoms with Gasteiger partial charge in [-0.3, -0.25) is 4.79 Å². The third kappa shape index (κ3) is 4.18. The first kappa shape index (κ1) is 20.4. The van der Waals surface area contributed by atoms with Crippen LogP contribution in [0.1, 0.15) is 15.9 Å². The van der Waals surface area contributed by atoms with Crippen molar-refractivity contribution in [3.63, 3.8) is 0 Å². The lowest BCUT2D eigenvalue weighted by atomic mass is 10.00. The van der Waals surface area contributed by atoms with E-state index in [-0.39, 0.29) is 12.4 Å². The van der Waals surface area contributed by atoms with Gasteiger partial charge in [0, 0.05) is 26.5 Å². The van der Waals surface area contributed by atoms with Crippen LogP contribution in [0, 0.1) is 6.92 Å². The Balaban J connectivity index is 1.61. The minimum Gasteiger partial charge on any atom is -0.485 e. The van der Waals surface area contributed by atoms with E-state index in [0.29, 0.717) is 27.5 Å². The molecule has 4 rings (SSSR count). The van der Waals surface area contributed by atoms with Gasteiger partial charge in [-0.1, -0.05) is 51.8 Å². The number of benzene rings is 3. The van der Waals surface area contributed by atoms with Gasteiger partial charge in [-0.25, -0.2) is 4.79 Å². The zero-order valence-corrected chi connectivity index (χ0v) is 18.3. The fourth-order valence-corrected chi connectivity index (χ4v) is 3.63. The maximum atomic E-state index is 12.6. The van der Waals surface area contributed by atoms with Gasteiger partial charge in [-0.15, -0.1) is 0 Å². The van der Waals surface area contributed by atoms with Crippen LogP contribution in [0.3, 0.4) is 0 Å². The summed E-state index contributed by atoms with van der Waals surface area (Å²) in [6.07, 6.45) is 0. The van der Waals surface area contributed by atoms with E-state index < -0.39 is 5.63 Å². The molecule has 0 unspecified atom stereocenters. The summed E-state index contributed by atoms with van der Waals surface area (Å²) < 4.78 is 12.1. The topological polar surface area (TPSA) is 56.5 Å². The summed E-state index contributed by atoms with van der Waals surface area (Å²) in [7, 11) is 0. The van der Waals surface area contributed by atoms with Gasteiger partial charge in [0.1, 0.15) is 11.3 Å². The molecule has 0 saturated carbocycles. The van der Waals surface area contributed by atoms with E-state index in [9.17, 15) is 9.59 Å². The van der Waals surface area contributed by atoms with Crippen molar-refractivity contribution in [3.05, 3.63) is 97.8 Å². The fraction of sp³-hybridized carbons (Fsp3) is 0.0833. The number of halogens is 2. The Labute approximate surface area is 186 Å². The van der Waals surface area contributed by atoms with Crippen molar-refractivity contribution >= 4 is 44.3 Å². The van der Waals surface area contributed by atoms with Crippen LogP contribution in [-0.4, -0.2) is 12.4 Å². The summed E-state index contributed by atoms with van der Waals surface area (Å²) in [4.78, 5) is 24.9. The van der Waals surface area contributed by atoms with Gasteiger partial charge >= 0.3 is 5.63 Å². The van der Waals surface area contributed by atoms with Gasteiger partial charge < -0.3 is 9.15 Å². The molecule has 0 spiro atoms. The first-order chi connectivity index (χ1) is 14.4. The number of hydrogen-bond acceptors (Lipinski definition) is 4. The summed E-state index contributed by atoms with van der Waals surface area (Å²) in [6.45, 7) is 1.76. The van der Waals surface area contributed by atoms with E-state index in [2.05, 4.69) is 15.9 Å². The Hall–Kier alpha value is -2.89. The fourth-order valence-electron chi connectivity index (χ4n) is 3.24. The largest absolute Gasteiger partial charge is 0.485 e. The third-order valence-corrected chi connectivity index (χ3v) is 5.59. The first-order valence-electron chi connectivity index (χ1n) is 9.17. The maximum Gasteiger partial charge on any atom is 0.344 e. The predicted octanol–water partition coefficient (Wildman–Crippen LogP) is 6.45. The SMILES string of the molecule is Cc1c(-c2ccc(Cl)cc2)c(=O)oc2cc(OCC(=O)c3ccc(Br)cc3)ccc12. The van der Waals surface area contributed by atoms with Crippen LogP contribution in [-0.2, 0) is 0 Å². The predicted molar refractivity (Wildman–Crippen MR) is 122 cm³/mol. The lowest BCUT2D eigenvalue weighted by Gasteiger charge is -2.10. The second kappa shape index (κ2) is 8.46. The molecule has 6 heteroatoms. The molecule has 0 radical (unpaired) electrons. The average Bonchev–Trinajstić information content (AvgIpc) is 2.73. The number of aryl methyl sites for hydroxylation is 1. The summed E-state index contributed by atoms with van der Waals surface area (Å²) in [6, 6.07) is 19.3. The van der Waals surface area contributed by atoms with Gasteiger partial charge in [0.25, 0.3) is 0 Å². The monoisotopic (exact) mass is 482 g/mol. The molecule has 0 fully saturated rings. The van der Waals surface area contributed by atoms with Crippen LogP contribution in [0.4, 0.5) is 0 Å². The molecular weight excluding hydrogens is 468 g/mol. The molecule has 30 heavy (non-hydrogen) atoms. The van der Waals surface area contributed by atoms with E-state index in [4.69, 9.17) is 20.8 Å². The van der Waals surface area contributed by atoms with Gasteiger partial charge in [-0.05, 0) is 54.4 Å². The van der Waals surface area contributed by atoms with Crippen LogP contribution in [0.25, 0.3) is 22.1 Å². The molecule has 4 aromatic rings. The first-order valence-corrected chi connectivity index (χ1v) is 10.3. The lowest BCUT2D eigenvalue weighted by Crippen LogP contribution is -2.11. The number of ketones is 1. The molecule has 0 aliphatic carbocycles. The molecule has 0 bridgehead atoms. The van der Waals surface area contributed by atoms with Crippen LogP contribution in [0.2, 0.25) is 5.02 Å². The number of ether oxygens (including phenoxy) is 1. The maximum absolute atomic E-state index is 12.6. The molecule has 150 valence electrons. The zero-order chi connectivity index (χ0) is 21.3. The van der Waals surface area contributed by atoms with E-state index >= 15 is 0 Å². The Morgan fingerprint density at radius 3 is 2.43 bits per heavy atom. The zero-order valence-electron chi connectivity index (χ0n) is 15.9. The lowest BCUT2D eigenvalue weighted by molar-refractivity contribution is 0.0921. The Morgan fingerprint density at radius 1 is 1.03 bits per heavy atom. The van der Waals surface area contributed by atoms with E-state index in [1.807, 2.05) is 13.0 Å². The quantitative estimate of drug-likeness (QED) is 0.242. The molecule has 3 aromatic carbocycles. The van der Waals surface area contributed by atoms with Crippen molar-refractivity contribution in [2.24, 2.45) is 0 Å². The highest BCUT2D eigenvalue weighted by molar-refractivity contribution is 9.10. The standard InChI is InChI=1S/C24H16BrClO4/c1-14-20-11-10-19(29-13-21(27)15-2-6-17(25)7-3-15)12-22(20)30-24(28)23(14)16-4-8-18(26)9-5-16/h2-12H,13H2,1H3. The highest BCUT2D eigenvalue weighted by Crippen LogP contribution is 2.29. The van der Waals surface area contributed by atoms with Crippen LogP contribution < -0.4 is 10.4 Å². The van der Waals surface area contributed by atoms with Crippen LogP contribution in [0.15, 0.2) is 80.4 Å². The minimum absolute atomic E-state index is 0.112. The molecule has 4 nitrogen and oxygen atoms in total. The highest BCUT2D eigenvalue weighted by Gasteiger charge is 2.14. The molecule has 0 aliphatic heterocycles. The normalized spacial score (nSPS) is 10.9. The molecule has 1 aromatic heterocycles. The number of carbonyl (C=O) groups is 1. The van der Waals surface area contributed by atoms with Crippen molar-refractivity contribution in [2.45, 2.75) is 6.92 Å². The summed E-state index contributed by atoms with van der Waals surface area (Å²) >= 11 is 9.29. The van der Waals surface area contributed by atoms with Crippen LogP contribution in [0.5, 0.6) is 5.75 Å². The van der Waals surface area contributed by atoms with Gasteiger partial charge in [0.2, 0.25) is 0 Å². The number of fused-ring (bicyclic) bond motifs is 1.